The number of rotatable bonds is 10. The topological polar surface area (TPSA) is 81.4 Å². The Balaban J connectivity index is 1.82. The SMILES string of the molecule is CCC[C@H](c1ccc(C(=O)NCC(N)=O)cc1)C(c1ccc(Cl)cc1)c1ccc(OC)c2ccccc12. The number of nitrogens with two attached hydrogens (primary N) is 1. The summed E-state index contributed by atoms with van der Waals surface area (Å²) in [5, 5.41) is 5.45. The van der Waals surface area contributed by atoms with Crippen molar-refractivity contribution in [3.05, 3.63) is 112 Å². The molecular formula is C31H31ClN2O3. The van der Waals surface area contributed by atoms with Crippen molar-refractivity contribution in [3.8, 4) is 5.75 Å². The molecule has 4 aromatic carbocycles. The third-order valence-electron chi connectivity index (χ3n) is 6.73. The summed E-state index contributed by atoms with van der Waals surface area (Å²) >= 11 is 6.26. The highest BCUT2D eigenvalue weighted by Gasteiger charge is 2.28. The van der Waals surface area contributed by atoms with Crippen LogP contribution < -0.4 is 15.8 Å². The van der Waals surface area contributed by atoms with E-state index in [0.717, 1.165) is 34.9 Å². The summed E-state index contributed by atoms with van der Waals surface area (Å²) in [6.07, 6.45) is 1.94. The van der Waals surface area contributed by atoms with Crippen molar-refractivity contribution in [2.75, 3.05) is 13.7 Å². The van der Waals surface area contributed by atoms with Gasteiger partial charge in [-0.2, -0.15) is 0 Å². The summed E-state index contributed by atoms with van der Waals surface area (Å²) in [5.74, 6) is 0.124. The maximum Gasteiger partial charge on any atom is 0.251 e. The minimum Gasteiger partial charge on any atom is -0.496 e. The number of carbonyl (C=O) groups is 2. The van der Waals surface area contributed by atoms with Gasteiger partial charge in [0.15, 0.2) is 0 Å². The smallest absolute Gasteiger partial charge is 0.251 e. The molecule has 6 heteroatoms. The normalized spacial score (nSPS) is 12.6. The van der Waals surface area contributed by atoms with Crippen molar-refractivity contribution in [1.82, 2.24) is 5.32 Å². The van der Waals surface area contributed by atoms with Gasteiger partial charge in [-0.05, 0) is 64.7 Å². The van der Waals surface area contributed by atoms with Crippen molar-refractivity contribution >= 4 is 34.2 Å². The zero-order valence-electron chi connectivity index (χ0n) is 21.0. The molecule has 0 fully saturated rings. The molecule has 4 rings (SSSR count). The summed E-state index contributed by atoms with van der Waals surface area (Å²) in [5.41, 5.74) is 9.15. The molecule has 37 heavy (non-hydrogen) atoms. The van der Waals surface area contributed by atoms with Crippen molar-refractivity contribution in [2.24, 2.45) is 5.73 Å². The fraction of sp³-hybridized carbons (Fsp3) is 0.226. The average Bonchev–Trinajstić information content (AvgIpc) is 2.92. The molecule has 0 aliphatic carbocycles. The Morgan fingerprint density at radius 2 is 1.54 bits per heavy atom. The summed E-state index contributed by atoms with van der Waals surface area (Å²) in [6, 6.07) is 28.2. The standard InChI is InChI=1S/C31H31ClN2O3/c1-3-6-24(20-9-11-22(12-10-20)31(36)34-19-29(33)35)30(21-13-15-23(32)16-14-21)27-17-18-28(37-2)26-8-5-4-7-25(26)27/h4-5,7-18,24,30H,3,6,19H2,1-2H3,(H2,33,35)(H,34,36)/t24-,30?/m1/s1. The molecule has 2 atom stereocenters. The lowest BCUT2D eigenvalue weighted by Gasteiger charge is -2.30. The van der Waals surface area contributed by atoms with Crippen molar-refractivity contribution in [3.63, 3.8) is 0 Å². The number of carbonyl (C=O) groups excluding carboxylic acids is 2. The summed E-state index contributed by atoms with van der Waals surface area (Å²) in [4.78, 5) is 23.5. The van der Waals surface area contributed by atoms with Gasteiger partial charge < -0.3 is 15.8 Å². The molecule has 0 bridgehead atoms. The minimum absolute atomic E-state index is 0.0440. The lowest BCUT2D eigenvalue weighted by atomic mass is 9.74. The quantitative estimate of drug-likeness (QED) is 0.256. The second-order valence-electron chi connectivity index (χ2n) is 9.10. The molecule has 1 unspecified atom stereocenters. The first-order chi connectivity index (χ1) is 17.9. The van der Waals surface area contributed by atoms with E-state index in [1.807, 2.05) is 36.4 Å². The van der Waals surface area contributed by atoms with Crippen LogP contribution in [0.15, 0.2) is 84.9 Å². The lowest BCUT2D eigenvalue weighted by Crippen LogP contribution is -2.33. The molecule has 0 heterocycles. The zero-order valence-corrected chi connectivity index (χ0v) is 21.8. The van der Waals surface area contributed by atoms with Gasteiger partial charge in [0.05, 0.1) is 13.7 Å². The van der Waals surface area contributed by atoms with Crippen molar-refractivity contribution < 1.29 is 14.3 Å². The second kappa shape index (κ2) is 11.9. The number of hydrogen-bond donors (Lipinski definition) is 2. The third kappa shape index (κ3) is 5.95. The van der Waals surface area contributed by atoms with Gasteiger partial charge in [0, 0.05) is 21.9 Å². The molecule has 0 saturated carbocycles. The van der Waals surface area contributed by atoms with Gasteiger partial charge >= 0.3 is 0 Å². The van der Waals surface area contributed by atoms with Crippen LogP contribution >= 0.6 is 11.6 Å². The van der Waals surface area contributed by atoms with Crippen LogP contribution in [0.2, 0.25) is 5.02 Å². The monoisotopic (exact) mass is 514 g/mol. The molecule has 2 amide bonds. The van der Waals surface area contributed by atoms with Crippen LogP contribution in [0.25, 0.3) is 10.8 Å². The van der Waals surface area contributed by atoms with E-state index in [2.05, 4.69) is 48.6 Å². The van der Waals surface area contributed by atoms with Crippen LogP contribution in [0.4, 0.5) is 0 Å². The molecule has 3 N–H and O–H groups in total. The molecule has 0 aromatic heterocycles. The molecule has 0 aliphatic heterocycles. The number of methoxy groups -OCH3 is 1. The Hall–Kier alpha value is -3.83. The van der Waals surface area contributed by atoms with E-state index >= 15 is 0 Å². The molecule has 0 spiro atoms. The number of ether oxygens (including phenoxy) is 1. The molecular weight excluding hydrogens is 484 g/mol. The van der Waals surface area contributed by atoms with Gasteiger partial charge in [-0.3, -0.25) is 9.59 Å². The highest BCUT2D eigenvalue weighted by Crippen LogP contribution is 2.45. The summed E-state index contributed by atoms with van der Waals surface area (Å²) in [7, 11) is 1.69. The molecule has 0 saturated heterocycles. The number of halogens is 1. The van der Waals surface area contributed by atoms with Crippen LogP contribution in [0.3, 0.4) is 0 Å². The lowest BCUT2D eigenvalue weighted by molar-refractivity contribution is -0.117. The second-order valence-corrected chi connectivity index (χ2v) is 9.53. The highest BCUT2D eigenvalue weighted by atomic mass is 35.5. The summed E-state index contributed by atoms with van der Waals surface area (Å²) < 4.78 is 5.66. The number of amides is 2. The highest BCUT2D eigenvalue weighted by molar-refractivity contribution is 6.30. The Labute approximate surface area is 222 Å². The predicted octanol–water partition coefficient (Wildman–Crippen LogP) is 6.43. The fourth-order valence-corrected chi connectivity index (χ4v) is 5.16. The number of fused-ring (bicyclic) bond motifs is 1. The van der Waals surface area contributed by atoms with Crippen LogP contribution in [0.1, 0.15) is 58.6 Å². The van der Waals surface area contributed by atoms with Gasteiger partial charge in [-0.1, -0.05) is 79.5 Å². The van der Waals surface area contributed by atoms with E-state index < -0.39 is 5.91 Å². The van der Waals surface area contributed by atoms with E-state index in [1.165, 1.54) is 11.1 Å². The average molecular weight is 515 g/mol. The molecule has 190 valence electrons. The number of primary amides is 1. The van der Waals surface area contributed by atoms with Gasteiger partial charge in [0.2, 0.25) is 5.91 Å². The molecule has 0 aliphatic rings. The largest absolute Gasteiger partial charge is 0.496 e. The Kier molecular flexibility index (Phi) is 8.47. The van der Waals surface area contributed by atoms with Crippen LogP contribution in [0, 0.1) is 0 Å². The maximum atomic E-state index is 12.4. The van der Waals surface area contributed by atoms with Crippen molar-refractivity contribution in [1.29, 1.82) is 0 Å². The predicted molar refractivity (Wildman–Crippen MR) is 149 cm³/mol. The van der Waals surface area contributed by atoms with Crippen LogP contribution in [-0.2, 0) is 4.79 Å². The first-order valence-corrected chi connectivity index (χ1v) is 12.8. The Morgan fingerprint density at radius 1 is 0.892 bits per heavy atom. The Morgan fingerprint density at radius 3 is 2.16 bits per heavy atom. The van der Waals surface area contributed by atoms with Gasteiger partial charge in [-0.25, -0.2) is 0 Å². The van der Waals surface area contributed by atoms with Crippen molar-refractivity contribution in [2.45, 2.75) is 31.6 Å². The Bertz CT molecular complexity index is 1380. The van der Waals surface area contributed by atoms with Gasteiger partial charge in [0.1, 0.15) is 5.75 Å². The fourth-order valence-electron chi connectivity index (χ4n) is 5.03. The van der Waals surface area contributed by atoms with E-state index in [1.54, 1.807) is 19.2 Å². The summed E-state index contributed by atoms with van der Waals surface area (Å²) in [6.45, 7) is 1.99. The molecule has 0 radical (unpaired) electrons. The number of nitrogens with one attached hydrogen (secondary N) is 1. The minimum atomic E-state index is -0.578. The number of hydrogen-bond acceptors (Lipinski definition) is 3. The van der Waals surface area contributed by atoms with E-state index in [-0.39, 0.29) is 24.3 Å². The molecule has 4 aromatic rings. The van der Waals surface area contributed by atoms with Crippen LogP contribution in [0.5, 0.6) is 5.75 Å². The maximum absolute atomic E-state index is 12.4. The van der Waals surface area contributed by atoms with Gasteiger partial charge in [0.25, 0.3) is 5.91 Å². The van der Waals surface area contributed by atoms with Gasteiger partial charge in [-0.15, -0.1) is 0 Å². The molecule has 5 nitrogen and oxygen atoms in total. The van der Waals surface area contributed by atoms with E-state index in [0.29, 0.717) is 10.6 Å². The number of benzene rings is 4. The van der Waals surface area contributed by atoms with E-state index in [9.17, 15) is 9.59 Å². The van der Waals surface area contributed by atoms with E-state index in [4.69, 9.17) is 22.1 Å². The first-order valence-electron chi connectivity index (χ1n) is 12.4. The zero-order chi connectivity index (χ0) is 26.4. The first kappa shape index (κ1) is 26.2. The van der Waals surface area contributed by atoms with Crippen LogP contribution in [-0.4, -0.2) is 25.5 Å². The third-order valence-corrected chi connectivity index (χ3v) is 6.98.